The number of sulfonamides is 1. The van der Waals surface area contributed by atoms with Gasteiger partial charge in [-0.2, -0.15) is 0 Å². The molecule has 0 spiro atoms. The number of benzene rings is 2. The van der Waals surface area contributed by atoms with Crippen LogP contribution in [0.25, 0.3) is 0 Å². The van der Waals surface area contributed by atoms with Gasteiger partial charge in [0, 0.05) is 0 Å². The molecule has 0 aliphatic heterocycles. The summed E-state index contributed by atoms with van der Waals surface area (Å²) in [6.45, 7) is 2.66. The van der Waals surface area contributed by atoms with Crippen molar-refractivity contribution >= 4 is 27.6 Å². The van der Waals surface area contributed by atoms with Gasteiger partial charge in [-0.3, -0.25) is 4.72 Å². The van der Waals surface area contributed by atoms with Crippen molar-refractivity contribution in [3.8, 4) is 5.75 Å². The number of nitrogens with one attached hydrogen (secondary N) is 1. The fourth-order valence-electron chi connectivity index (χ4n) is 4.44. The number of carbonyl (C=O) groups excluding carboxylic acids is 1. The number of aromatic carboxylic acids is 1. The van der Waals surface area contributed by atoms with E-state index in [1.54, 1.807) is 6.07 Å². The number of carboxylic acids is 1. The Kier molecular flexibility index (Phi) is 15.2. The van der Waals surface area contributed by atoms with Gasteiger partial charge < -0.3 is 14.6 Å². The van der Waals surface area contributed by atoms with Crippen LogP contribution >= 0.6 is 0 Å². The van der Waals surface area contributed by atoms with E-state index in [0.29, 0.717) is 12.4 Å². The molecule has 2 aromatic rings. The molecule has 0 amide bonds. The second-order valence-corrected chi connectivity index (χ2v) is 11.8. The monoisotopic (exact) mass is 575 g/mol. The Morgan fingerprint density at radius 3 is 1.75 bits per heavy atom. The lowest BCUT2D eigenvalue weighted by Gasteiger charge is -2.15. The molecule has 0 heterocycles. The highest BCUT2D eigenvalue weighted by atomic mass is 32.2. The molecule has 40 heavy (non-hydrogen) atoms. The Labute approximate surface area is 239 Å². The second kappa shape index (κ2) is 18.3. The van der Waals surface area contributed by atoms with Crippen LogP contribution in [-0.4, -0.2) is 39.2 Å². The molecule has 222 valence electrons. The van der Waals surface area contributed by atoms with Gasteiger partial charge in [0.2, 0.25) is 0 Å². The Morgan fingerprint density at radius 2 is 1.25 bits per heavy atom. The van der Waals surface area contributed by atoms with Gasteiger partial charge in [0.15, 0.2) is 0 Å². The van der Waals surface area contributed by atoms with E-state index in [1.165, 1.54) is 114 Å². The number of esters is 1. The molecular weight excluding hydrogens is 530 g/mol. The minimum absolute atomic E-state index is 0.0242. The van der Waals surface area contributed by atoms with Gasteiger partial charge in [0.1, 0.15) is 5.75 Å². The van der Waals surface area contributed by atoms with Crippen LogP contribution in [0.2, 0.25) is 0 Å². The first-order chi connectivity index (χ1) is 19.3. The molecule has 0 atom stereocenters. The number of unbranched alkanes of at least 4 members (excludes halogenated alkanes) is 13. The second-order valence-electron chi connectivity index (χ2n) is 10.1. The maximum absolute atomic E-state index is 13.0. The third kappa shape index (κ3) is 12.0. The van der Waals surface area contributed by atoms with Crippen LogP contribution in [0.15, 0.2) is 47.4 Å². The van der Waals surface area contributed by atoms with Gasteiger partial charge in [-0.1, -0.05) is 90.4 Å². The summed E-state index contributed by atoms with van der Waals surface area (Å²) in [6, 6.07) is 9.29. The lowest BCUT2D eigenvalue weighted by atomic mass is 10.0. The first kappa shape index (κ1) is 33.1. The summed E-state index contributed by atoms with van der Waals surface area (Å²) >= 11 is 0. The number of anilines is 1. The molecule has 2 aromatic carbocycles. The van der Waals surface area contributed by atoms with E-state index in [4.69, 9.17) is 14.6 Å². The standard InChI is InChI=1S/C31H45NO7S/c1-3-4-5-6-7-8-9-10-11-12-13-14-15-16-23-39-29-22-19-26(31(35)38-2)24-28(29)32-40(36,37)27-20-17-25(18-21-27)30(33)34/h17-22,24,32H,3-16,23H2,1-2H3,(H,33,34). The minimum atomic E-state index is -4.06. The zero-order valence-corrected chi connectivity index (χ0v) is 24.8. The SMILES string of the molecule is CCCCCCCCCCCCCCCCOc1ccc(C(=O)OC)cc1NS(=O)(=O)c1ccc(C(=O)O)cc1. The summed E-state index contributed by atoms with van der Waals surface area (Å²) in [5.41, 5.74) is 0.254. The van der Waals surface area contributed by atoms with Crippen molar-refractivity contribution in [1.29, 1.82) is 0 Å². The number of rotatable bonds is 21. The molecular formula is C31H45NO7S. The zero-order valence-electron chi connectivity index (χ0n) is 24.0. The molecule has 2 rings (SSSR count). The van der Waals surface area contributed by atoms with Crippen molar-refractivity contribution < 1.29 is 32.6 Å². The van der Waals surface area contributed by atoms with Gasteiger partial charge in [0.05, 0.1) is 35.4 Å². The highest BCUT2D eigenvalue weighted by Gasteiger charge is 2.19. The Morgan fingerprint density at radius 1 is 0.750 bits per heavy atom. The van der Waals surface area contributed by atoms with Gasteiger partial charge in [-0.05, 0) is 48.9 Å². The van der Waals surface area contributed by atoms with Crippen LogP contribution < -0.4 is 9.46 Å². The maximum atomic E-state index is 13.0. The number of carbonyl (C=O) groups is 2. The predicted octanol–water partition coefficient (Wildman–Crippen LogP) is 7.83. The summed E-state index contributed by atoms with van der Waals surface area (Å²) in [4.78, 5) is 23.0. The normalized spacial score (nSPS) is 11.2. The topological polar surface area (TPSA) is 119 Å². The van der Waals surface area contributed by atoms with Crippen molar-refractivity contribution in [3.63, 3.8) is 0 Å². The molecule has 0 unspecified atom stereocenters. The molecule has 0 saturated carbocycles. The summed E-state index contributed by atoms with van der Waals surface area (Å²) in [7, 11) is -2.82. The number of hydrogen-bond donors (Lipinski definition) is 2. The third-order valence-electron chi connectivity index (χ3n) is 6.81. The summed E-state index contributed by atoms with van der Waals surface area (Å²) in [6.07, 6.45) is 17.5. The molecule has 0 aromatic heterocycles. The van der Waals surface area contributed by atoms with E-state index in [0.717, 1.165) is 19.3 Å². The van der Waals surface area contributed by atoms with Crippen molar-refractivity contribution in [3.05, 3.63) is 53.6 Å². The van der Waals surface area contributed by atoms with Crippen LogP contribution in [0.3, 0.4) is 0 Å². The average molecular weight is 576 g/mol. The van der Waals surface area contributed by atoms with Crippen LogP contribution in [0, 0.1) is 0 Å². The Hall–Kier alpha value is -3.07. The zero-order chi connectivity index (χ0) is 29.2. The number of hydrogen-bond acceptors (Lipinski definition) is 6. The quantitative estimate of drug-likeness (QED) is 0.115. The van der Waals surface area contributed by atoms with Crippen LogP contribution in [0.1, 0.15) is 118 Å². The Bertz CT molecular complexity index is 1150. The third-order valence-corrected chi connectivity index (χ3v) is 8.19. The van der Waals surface area contributed by atoms with E-state index in [-0.39, 0.29) is 21.7 Å². The Balaban J connectivity index is 1.80. The molecule has 0 radical (unpaired) electrons. The van der Waals surface area contributed by atoms with Crippen LogP contribution in [-0.2, 0) is 14.8 Å². The largest absolute Gasteiger partial charge is 0.491 e. The lowest BCUT2D eigenvalue weighted by molar-refractivity contribution is 0.0599. The molecule has 9 heteroatoms. The summed E-state index contributed by atoms with van der Waals surface area (Å²) < 4.78 is 39.0. The van der Waals surface area contributed by atoms with Crippen molar-refractivity contribution in [2.75, 3.05) is 18.4 Å². The van der Waals surface area contributed by atoms with E-state index < -0.39 is 22.0 Å². The first-order valence-electron chi connectivity index (χ1n) is 14.5. The highest BCUT2D eigenvalue weighted by molar-refractivity contribution is 7.92. The van der Waals surface area contributed by atoms with Gasteiger partial charge in [-0.25, -0.2) is 18.0 Å². The number of methoxy groups -OCH3 is 1. The summed E-state index contributed by atoms with van der Waals surface area (Å²) in [5, 5.41) is 9.06. The van der Waals surface area contributed by atoms with E-state index in [2.05, 4.69) is 11.6 Å². The molecule has 0 aliphatic rings. The average Bonchev–Trinajstić information content (AvgIpc) is 2.95. The lowest BCUT2D eigenvalue weighted by Crippen LogP contribution is -2.15. The van der Waals surface area contributed by atoms with E-state index in [9.17, 15) is 18.0 Å². The fraction of sp³-hybridized carbons (Fsp3) is 0.548. The molecule has 2 N–H and O–H groups in total. The van der Waals surface area contributed by atoms with Crippen molar-refractivity contribution in [1.82, 2.24) is 0 Å². The maximum Gasteiger partial charge on any atom is 0.337 e. The molecule has 0 aliphatic carbocycles. The molecule has 0 fully saturated rings. The van der Waals surface area contributed by atoms with Crippen molar-refractivity contribution in [2.45, 2.75) is 102 Å². The van der Waals surface area contributed by atoms with E-state index in [1.807, 2.05) is 0 Å². The highest BCUT2D eigenvalue weighted by Crippen LogP contribution is 2.29. The van der Waals surface area contributed by atoms with Crippen LogP contribution in [0.4, 0.5) is 5.69 Å². The smallest absolute Gasteiger partial charge is 0.337 e. The van der Waals surface area contributed by atoms with Gasteiger partial charge in [-0.15, -0.1) is 0 Å². The molecule has 8 nitrogen and oxygen atoms in total. The molecule has 0 bridgehead atoms. The van der Waals surface area contributed by atoms with Crippen molar-refractivity contribution in [2.24, 2.45) is 0 Å². The first-order valence-corrected chi connectivity index (χ1v) is 16.0. The van der Waals surface area contributed by atoms with Gasteiger partial charge in [0.25, 0.3) is 10.0 Å². The fourth-order valence-corrected chi connectivity index (χ4v) is 5.50. The van der Waals surface area contributed by atoms with E-state index >= 15 is 0 Å². The summed E-state index contributed by atoms with van der Waals surface area (Å²) in [5.74, 6) is -1.46. The van der Waals surface area contributed by atoms with Crippen LogP contribution in [0.5, 0.6) is 5.75 Å². The molecule has 0 saturated heterocycles. The number of carboxylic acid groups (broad SMARTS) is 1. The predicted molar refractivity (Wildman–Crippen MR) is 158 cm³/mol. The number of ether oxygens (including phenoxy) is 2. The minimum Gasteiger partial charge on any atom is -0.491 e. The van der Waals surface area contributed by atoms with Gasteiger partial charge >= 0.3 is 11.9 Å².